The Labute approximate surface area is 187 Å². The van der Waals surface area contributed by atoms with Crippen molar-refractivity contribution < 1.29 is 22.4 Å². The molecule has 0 aromatic heterocycles. The summed E-state index contributed by atoms with van der Waals surface area (Å²) in [5.74, 6) is -1.48. The van der Waals surface area contributed by atoms with Gasteiger partial charge in [-0.3, -0.25) is 9.59 Å². The highest BCUT2D eigenvalue weighted by molar-refractivity contribution is 7.89. The Bertz CT molecular complexity index is 1100. The number of nitrogens with zero attached hydrogens (tertiary/aromatic N) is 3. The van der Waals surface area contributed by atoms with Gasteiger partial charge < -0.3 is 9.80 Å². The molecule has 2 aromatic rings. The van der Waals surface area contributed by atoms with Crippen LogP contribution in [-0.4, -0.2) is 66.6 Å². The highest BCUT2D eigenvalue weighted by atomic mass is 32.2. The van der Waals surface area contributed by atoms with E-state index in [1.807, 2.05) is 6.92 Å². The second-order valence-electron chi connectivity index (χ2n) is 8.30. The van der Waals surface area contributed by atoms with E-state index in [4.69, 9.17) is 0 Å². The Balaban J connectivity index is 1.36. The third-order valence-electron chi connectivity index (χ3n) is 6.15. The molecule has 2 saturated heterocycles. The molecule has 2 aromatic carbocycles. The molecule has 0 aliphatic carbocycles. The summed E-state index contributed by atoms with van der Waals surface area (Å²) in [6.45, 7) is 3.56. The molecular weight excluding hydrogens is 433 g/mol. The van der Waals surface area contributed by atoms with E-state index in [0.717, 1.165) is 11.1 Å². The predicted octanol–water partition coefficient (Wildman–Crippen LogP) is 2.16. The number of hydrogen-bond acceptors (Lipinski definition) is 4. The van der Waals surface area contributed by atoms with Gasteiger partial charge in [-0.1, -0.05) is 29.8 Å². The summed E-state index contributed by atoms with van der Waals surface area (Å²) in [6.07, 6.45) is 0.976. The quantitative estimate of drug-likeness (QED) is 0.642. The summed E-state index contributed by atoms with van der Waals surface area (Å²) >= 11 is 0. The molecule has 9 heteroatoms. The van der Waals surface area contributed by atoms with Crippen molar-refractivity contribution >= 4 is 21.8 Å². The lowest BCUT2D eigenvalue weighted by Gasteiger charge is -2.41. The second kappa shape index (κ2) is 8.99. The van der Waals surface area contributed by atoms with Gasteiger partial charge in [0.05, 0.1) is 4.90 Å². The Morgan fingerprint density at radius 3 is 2.12 bits per heavy atom. The fourth-order valence-corrected chi connectivity index (χ4v) is 5.72. The monoisotopic (exact) mass is 459 g/mol. The average Bonchev–Trinajstić information content (AvgIpc) is 2.79. The van der Waals surface area contributed by atoms with Crippen molar-refractivity contribution in [1.82, 2.24) is 14.1 Å². The Hall–Kier alpha value is -2.78. The molecule has 0 N–H and O–H groups in total. The van der Waals surface area contributed by atoms with Crippen LogP contribution in [0.2, 0.25) is 0 Å². The van der Waals surface area contributed by atoms with Gasteiger partial charge in [0.2, 0.25) is 10.0 Å². The fourth-order valence-electron chi connectivity index (χ4n) is 4.25. The molecule has 0 saturated carbocycles. The fraction of sp³-hybridized carbons (Fsp3) is 0.391. The number of benzene rings is 2. The van der Waals surface area contributed by atoms with E-state index in [0.29, 0.717) is 39.0 Å². The first-order valence-corrected chi connectivity index (χ1v) is 12.1. The van der Waals surface area contributed by atoms with Gasteiger partial charge in [-0.05, 0) is 49.6 Å². The number of piperazine rings is 1. The van der Waals surface area contributed by atoms with Crippen molar-refractivity contribution in [2.24, 2.45) is 0 Å². The maximum Gasteiger partial charge on any atom is 0.312 e. The number of carbonyl (C=O) groups is 2. The number of rotatable bonds is 5. The Kier molecular flexibility index (Phi) is 6.30. The van der Waals surface area contributed by atoms with Crippen LogP contribution in [0.3, 0.4) is 0 Å². The van der Waals surface area contributed by atoms with Gasteiger partial charge in [0, 0.05) is 38.8 Å². The minimum atomic E-state index is -3.58. The highest BCUT2D eigenvalue weighted by Crippen LogP contribution is 2.25. The van der Waals surface area contributed by atoms with Crippen LogP contribution in [0.15, 0.2) is 53.4 Å². The second-order valence-corrected chi connectivity index (χ2v) is 10.2. The number of hydrogen-bond donors (Lipinski definition) is 0. The lowest BCUT2D eigenvalue weighted by molar-refractivity contribution is -0.158. The van der Waals surface area contributed by atoms with Gasteiger partial charge >= 0.3 is 11.8 Å². The molecule has 0 atom stereocenters. The van der Waals surface area contributed by atoms with Crippen LogP contribution in [0.4, 0.5) is 4.39 Å². The molecule has 7 nitrogen and oxygen atoms in total. The molecule has 2 amide bonds. The molecule has 4 rings (SSSR count). The van der Waals surface area contributed by atoms with Crippen molar-refractivity contribution in [3.8, 4) is 0 Å². The molecule has 2 aliphatic heterocycles. The summed E-state index contributed by atoms with van der Waals surface area (Å²) in [6, 6.07) is 12.5. The van der Waals surface area contributed by atoms with Crippen molar-refractivity contribution in [2.45, 2.75) is 37.2 Å². The van der Waals surface area contributed by atoms with Crippen LogP contribution < -0.4 is 0 Å². The van der Waals surface area contributed by atoms with E-state index in [2.05, 4.69) is 0 Å². The molecule has 0 bridgehead atoms. The van der Waals surface area contributed by atoms with Crippen molar-refractivity contribution in [3.05, 3.63) is 65.5 Å². The van der Waals surface area contributed by atoms with Crippen molar-refractivity contribution in [1.29, 1.82) is 0 Å². The van der Waals surface area contributed by atoms with Crippen LogP contribution in [0.25, 0.3) is 0 Å². The normalized spacial score (nSPS) is 18.9. The standard InChI is InChI=1S/C23H26FN3O4S/c1-17-2-8-21(9-3-17)32(30,31)26-12-10-20(11-13-26)27-15-14-25(22(28)23(27)29)16-18-4-6-19(24)7-5-18/h2-9,20H,10-16H2,1H3. The SMILES string of the molecule is Cc1ccc(S(=O)(=O)N2CCC(N3CCN(Cc4ccc(F)cc4)C(=O)C3=O)CC2)cc1. The van der Waals surface area contributed by atoms with Gasteiger partial charge in [0.1, 0.15) is 5.82 Å². The number of sulfonamides is 1. The van der Waals surface area contributed by atoms with E-state index in [1.54, 1.807) is 41.3 Å². The van der Waals surface area contributed by atoms with E-state index in [-0.39, 0.29) is 23.3 Å². The zero-order chi connectivity index (χ0) is 22.9. The number of halogens is 1. The maximum absolute atomic E-state index is 13.1. The summed E-state index contributed by atoms with van der Waals surface area (Å²) < 4.78 is 40.3. The highest BCUT2D eigenvalue weighted by Gasteiger charge is 2.39. The molecule has 0 radical (unpaired) electrons. The zero-order valence-electron chi connectivity index (χ0n) is 17.9. The minimum Gasteiger partial charge on any atom is -0.330 e. The van der Waals surface area contributed by atoms with Gasteiger partial charge in [-0.15, -0.1) is 0 Å². The number of aryl methyl sites for hydroxylation is 1. The van der Waals surface area contributed by atoms with E-state index in [1.165, 1.54) is 21.3 Å². The van der Waals surface area contributed by atoms with Crippen LogP contribution in [-0.2, 0) is 26.2 Å². The predicted molar refractivity (Wildman–Crippen MR) is 116 cm³/mol. The third kappa shape index (κ3) is 4.54. The first kappa shape index (κ1) is 22.4. The zero-order valence-corrected chi connectivity index (χ0v) is 18.7. The number of piperidine rings is 1. The molecule has 0 spiro atoms. The number of amides is 2. The topological polar surface area (TPSA) is 78.0 Å². The Morgan fingerprint density at radius 2 is 1.50 bits per heavy atom. The molecular formula is C23H26FN3O4S. The summed E-state index contributed by atoms with van der Waals surface area (Å²) in [5, 5.41) is 0. The van der Waals surface area contributed by atoms with Crippen LogP contribution in [0.1, 0.15) is 24.0 Å². The lowest BCUT2D eigenvalue weighted by atomic mass is 10.0. The van der Waals surface area contributed by atoms with Crippen molar-refractivity contribution in [3.63, 3.8) is 0 Å². The van der Waals surface area contributed by atoms with Crippen LogP contribution in [0.5, 0.6) is 0 Å². The van der Waals surface area contributed by atoms with Crippen LogP contribution >= 0.6 is 0 Å². The first-order chi connectivity index (χ1) is 15.3. The summed E-state index contributed by atoms with van der Waals surface area (Å²) in [7, 11) is -3.58. The largest absolute Gasteiger partial charge is 0.330 e. The molecule has 0 unspecified atom stereocenters. The molecule has 32 heavy (non-hydrogen) atoms. The minimum absolute atomic E-state index is 0.163. The van der Waals surface area contributed by atoms with Gasteiger partial charge in [0.15, 0.2) is 0 Å². The Morgan fingerprint density at radius 1 is 0.875 bits per heavy atom. The molecule has 170 valence electrons. The molecule has 2 aliphatic rings. The summed E-state index contributed by atoms with van der Waals surface area (Å²) in [5.41, 5.74) is 1.75. The van der Waals surface area contributed by atoms with Gasteiger partial charge in [0.25, 0.3) is 0 Å². The smallest absolute Gasteiger partial charge is 0.312 e. The van der Waals surface area contributed by atoms with Gasteiger partial charge in [-0.25, -0.2) is 12.8 Å². The summed E-state index contributed by atoms with van der Waals surface area (Å²) in [4.78, 5) is 28.7. The van der Waals surface area contributed by atoms with E-state index < -0.39 is 21.8 Å². The van der Waals surface area contributed by atoms with Crippen molar-refractivity contribution in [2.75, 3.05) is 26.2 Å². The lowest BCUT2D eigenvalue weighted by Crippen LogP contribution is -2.58. The molecule has 2 heterocycles. The first-order valence-electron chi connectivity index (χ1n) is 10.7. The van der Waals surface area contributed by atoms with Crippen LogP contribution in [0, 0.1) is 12.7 Å². The molecule has 2 fully saturated rings. The van der Waals surface area contributed by atoms with Gasteiger partial charge in [-0.2, -0.15) is 4.31 Å². The average molecular weight is 460 g/mol. The maximum atomic E-state index is 13.1. The van der Waals surface area contributed by atoms with E-state index in [9.17, 15) is 22.4 Å². The number of carbonyl (C=O) groups excluding carboxylic acids is 2. The van der Waals surface area contributed by atoms with E-state index >= 15 is 0 Å². The third-order valence-corrected chi connectivity index (χ3v) is 8.06.